The molecule has 2 aromatic rings. The lowest BCUT2D eigenvalue weighted by Crippen LogP contribution is -2.52. The van der Waals surface area contributed by atoms with Crippen molar-refractivity contribution < 1.29 is 14.3 Å². The first-order chi connectivity index (χ1) is 15.9. The second-order valence-corrected chi connectivity index (χ2v) is 9.20. The van der Waals surface area contributed by atoms with Crippen molar-refractivity contribution in [3.05, 3.63) is 64.7 Å². The summed E-state index contributed by atoms with van der Waals surface area (Å²) in [4.78, 5) is 28.4. The molecule has 2 aromatic carbocycles. The van der Waals surface area contributed by atoms with Crippen molar-refractivity contribution in [2.75, 3.05) is 6.61 Å². The molecule has 1 atom stereocenters. The van der Waals surface area contributed by atoms with Gasteiger partial charge in [-0.05, 0) is 68.4 Å². The molecule has 2 amide bonds. The number of amides is 2. The minimum atomic E-state index is -0.527. The maximum absolute atomic E-state index is 13.4. The molecule has 1 aliphatic rings. The Labute approximate surface area is 198 Å². The Hall–Kier alpha value is -2.82. The standard InChI is InChI=1S/C28H38N2O3/c1-5-25(28(32)29-24-15-7-6-8-16-24)30(18-23-14-10-9-12-21(23)3)27(31)19-33-26-17-11-13-20(2)22(26)4/h9-14,17,24-25H,5-8,15-16,18-19H2,1-4H3,(H,29,32). The molecule has 1 aliphatic carbocycles. The number of aryl methyl sites for hydroxylation is 2. The molecule has 0 saturated heterocycles. The van der Waals surface area contributed by atoms with E-state index in [9.17, 15) is 9.59 Å². The molecule has 178 valence electrons. The Morgan fingerprint density at radius 3 is 2.39 bits per heavy atom. The van der Waals surface area contributed by atoms with E-state index < -0.39 is 6.04 Å². The van der Waals surface area contributed by atoms with Gasteiger partial charge in [0.15, 0.2) is 6.61 Å². The average Bonchev–Trinajstić information content (AvgIpc) is 2.81. The van der Waals surface area contributed by atoms with Gasteiger partial charge in [0, 0.05) is 12.6 Å². The van der Waals surface area contributed by atoms with E-state index in [4.69, 9.17) is 4.74 Å². The number of ether oxygens (including phenoxy) is 1. The molecule has 1 fully saturated rings. The molecular weight excluding hydrogens is 412 g/mol. The highest BCUT2D eigenvalue weighted by atomic mass is 16.5. The van der Waals surface area contributed by atoms with Gasteiger partial charge in [0.2, 0.25) is 5.91 Å². The monoisotopic (exact) mass is 450 g/mol. The summed E-state index contributed by atoms with van der Waals surface area (Å²) in [6.07, 6.45) is 6.12. The van der Waals surface area contributed by atoms with E-state index in [2.05, 4.69) is 5.32 Å². The van der Waals surface area contributed by atoms with Crippen LogP contribution in [0.15, 0.2) is 42.5 Å². The van der Waals surface area contributed by atoms with Crippen LogP contribution in [-0.4, -0.2) is 35.4 Å². The van der Waals surface area contributed by atoms with Crippen LogP contribution in [0.5, 0.6) is 5.75 Å². The molecule has 5 heteroatoms. The van der Waals surface area contributed by atoms with Crippen LogP contribution in [-0.2, 0) is 16.1 Å². The van der Waals surface area contributed by atoms with Crippen LogP contribution in [0.3, 0.4) is 0 Å². The quantitative estimate of drug-likeness (QED) is 0.568. The Bertz CT molecular complexity index is 950. The third kappa shape index (κ3) is 6.59. The smallest absolute Gasteiger partial charge is 0.261 e. The average molecular weight is 451 g/mol. The predicted octanol–water partition coefficient (Wildman–Crippen LogP) is 5.25. The summed E-state index contributed by atoms with van der Waals surface area (Å²) in [5, 5.41) is 3.22. The van der Waals surface area contributed by atoms with Gasteiger partial charge in [-0.25, -0.2) is 0 Å². The molecule has 33 heavy (non-hydrogen) atoms. The first kappa shape index (κ1) is 24.8. The van der Waals surface area contributed by atoms with E-state index in [1.54, 1.807) is 4.90 Å². The van der Waals surface area contributed by atoms with E-state index >= 15 is 0 Å². The lowest BCUT2D eigenvalue weighted by atomic mass is 9.95. The maximum atomic E-state index is 13.4. The van der Waals surface area contributed by atoms with Crippen LogP contribution in [0.25, 0.3) is 0 Å². The largest absolute Gasteiger partial charge is 0.483 e. The van der Waals surface area contributed by atoms with Crippen LogP contribution in [0.2, 0.25) is 0 Å². The topological polar surface area (TPSA) is 58.6 Å². The molecule has 0 bridgehead atoms. The van der Waals surface area contributed by atoms with Gasteiger partial charge in [-0.1, -0.05) is 62.6 Å². The fourth-order valence-electron chi connectivity index (χ4n) is 4.54. The highest BCUT2D eigenvalue weighted by molar-refractivity contribution is 5.88. The minimum absolute atomic E-state index is 0.0573. The summed E-state index contributed by atoms with van der Waals surface area (Å²) in [5.74, 6) is 0.474. The van der Waals surface area contributed by atoms with Crippen molar-refractivity contribution in [3.63, 3.8) is 0 Å². The fraction of sp³-hybridized carbons (Fsp3) is 0.500. The van der Waals surface area contributed by atoms with E-state index in [0.717, 1.165) is 47.9 Å². The fourth-order valence-corrected chi connectivity index (χ4v) is 4.54. The molecule has 1 unspecified atom stereocenters. The highest BCUT2D eigenvalue weighted by Gasteiger charge is 2.30. The van der Waals surface area contributed by atoms with Gasteiger partial charge < -0.3 is 15.0 Å². The number of carbonyl (C=O) groups is 2. The molecule has 0 heterocycles. The number of carbonyl (C=O) groups excluding carboxylic acids is 2. The number of hydrogen-bond acceptors (Lipinski definition) is 3. The molecule has 5 nitrogen and oxygen atoms in total. The summed E-state index contributed by atoms with van der Waals surface area (Å²) >= 11 is 0. The molecule has 3 rings (SSSR count). The van der Waals surface area contributed by atoms with Crippen LogP contribution in [0, 0.1) is 20.8 Å². The van der Waals surface area contributed by atoms with Crippen molar-refractivity contribution in [2.45, 2.75) is 84.8 Å². The number of hydrogen-bond donors (Lipinski definition) is 1. The molecule has 0 aliphatic heterocycles. The lowest BCUT2D eigenvalue weighted by molar-refractivity contribution is -0.143. The Morgan fingerprint density at radius 1 is 1.00 bits per heavy atom. The van der Waals surface area contributed by atoms with Gasteiger partial charge in [0.25, 0.3) is 5.91 Å². The van der Waals surface area contributed by atoms with E-state index in [1.165, 1.54) is 6.42 Å². The SMILES string of the molecule is CCC(C(=O)NC1CCCCC1)N(Cc1ccccc1C)C(=O)COc1cccc(C)c1C. The van der Waals surface area contributed by atoms with Crippen LogP contribution >= 0.6 is 0 Å². The third-order valence-corrected chi connectivity index (χ3v) is 6.85. The first-order valence-electron chi connectivity index (χ1n) is 12.2. The second-order valence-electron chi connectivity index (χ2n) is 9.20. The zero-order valence-electron chi connectivity index (χ0n) is 20.5. The van der Waals surface area contributed by atoms with Crippen LogP contribution < -0.4 is 10.1 Å². The third-order valence-electron chi connectivity index (χ3n) is 6.85. The van der Waals surface area contributed by atoms with Gasteiger partial charge in [-0.15, -0.1) is 0 Å². The predicted molar refractivity (Wildman–Crippen MR) is 132 cm³/mol. The van der Waals surface area contributed by atoms with Crippen molar-refractivity contribution in [1.82, 2.24) is 10.2 Å². The van der Waals surface area contributed by atoms with Gasteiger partial charge in [-0.2, -0.15) is 0 Å². The maximum Gasteiger partial charge on any atom is 0.261 e. The molecule has 1 saturated carbocycles. The summed E-state index contributed by atoms with van der Waals surface area (Å²) in [6.45, 7) is 8.31. The summed E-state index contributed by atoms with van der Waals surface area (Å²) in [7, 11) is 0. The van der Waals surface area contributed by atoms with Crippen molar-refractivity contribution in [3.8, 4) is 5.75 Å². The highest BCUT2D eigenvalue weighted by Crippen LogP contribution is 2.22. The van der Waals surface area contributed by atoms with Gasteiger partial charge in [-0.3, -0.25) is 9.59 Å². The zero-order valence-corrected chi connectivity index (χ0v) is 20.5. The van der Waals surface area contributed by atoms with Crippen LogP contribution in [0.1, 0.15) is 67.7 Å². The Balaban J connectivity index is 1.79. The number of rotatable bonds is 9. The number of nitrogens with zero attached hydrogens (tertiary/aromatic N) is 1. The normalized spacial score (nSPS) is 15.0. The molecule has 0 radical (unpaired) electrons. The summed E-state index contributed by atoms with van der Waals surface area (Å²) < 4.78 is 5.93. The zero-order chi connectivity index (χ0) is 23.8. The number of nitrogens with one attached hydrogen (secondary N) is 1. The van der Waals surface area contributed by atoms with Crippen LogP contribution in [0.4, 0.5) is 0 Å². The molecule has 0 aromatic heterocycles. The molecule has 0 spiro atoms. The van der Waals surface area contributed by atoms with E-state index in [0.29, 0.717) is 18.7 Å². The molecular formula is C28H38N2O3. The van der Waals surface area contributed by atoms with Gasteiger partial charge >= 0.3 is 0 Å². The minimum Gasteiger partial charge on any atom is -0.483 e. The van der Waals surface area contributed by atoms with Crippen molar-refractivity contribution >= 4 is 11.8 Å². The summed E-state index contributed by atoms with van der Waals surface area (Å²) in [5.41, 5.74) is 4.29. The Morgan fingerprint density at radius 2 is 1.70 bits per heavy atom. The Kier molecular flexibility index (Phi) is 8.93. The second kappa shape index (κ2) is 11.9. The van der Waals surface area contributed by atoms with Crippen molar-refractivity contribution in [1.29, 1.82) is 0 Å². The van der Waals surface area contributed by atoms with E-state index in [1.807, 2.05) is 70.2 Å². The van der Waals surface area contributed by atoms with Crippen molar-refractivity contribution in [2.24, 2.45) is 0 Å². The number of benzene rings is 2. The summed E-state index contributed by atoms with van der Waals surface area (Å²) in [6, 6.07) is 13.5. The van der Waals surface area contributed by atoms with E-state index in [-0.39, 0.29) is 24.5 Å². The van der Waals surface area contributed by atoms with Gasteiger partial charge in [0.05, 0.1) is 0 Å². The first-order valence-corrected chi connectivity index (χ1v) is 12.2. The van der Waals surface area contributed by atoms with Gasteiger partial charge in [0.1, 0.15) is 11.8 Å². The lowest BCUT2D eigenvalue weighted by Gasteiger charge is -2.33. The molecule has 1 N–H and O–H groups in total.